The highest BCUT2D eigenvalue weighted by Crippen LogP contribution is 2.24. The number of halogens is 2. The van der Waals surface area contributed by atoms with Crippen LogP contribution in [0.1, 0.15) is 15.9 Å². The summed E-state index contributed by atoms with van der Waals surface area (Å²) in [5.41, 5.74) is 1.58. The van der Waals surface area contributed by atoms with Gasteiger partial charge in [0, 0.05) is 11.3 Å². The van der Waals surface area contributed by atoms with Crippen LogP contribution in [0.3, 0.4) is 0 Å². The normalized spacial score (nSPS) is 11.1. The first-order valence-electron chi connectivity index (χ1n) is 8.21. The number of benzene rings is 3. The molecule has 0 aliphatic rings. The van der Waals surface area contributed by atoms with Gasteiger partial charge in [-0.05, 0) is 67.1 Å². The molecule has 144 valence electrons. The van der Waals surface area contributed by atoms with Crippen LogP contribution in [0.4, 0.5) is 15.8 Å². The molecule has 0 aromatic heterocycles. The number of sulfonamides is 1. The van der Waals surface area contributed by atoms with Crippen LogP contribution in [0.25, 0.3) is 0 Å². The molecule has 0 saturated carbocycles. The molecule has 0 saturated heterocycles. The zero-order valence-corrected chi connectivity index (χ0v) is 16.3. The summed E-state index contributed by atoms with van der Waals surface area (Å²) < 4.78 is 40.6. The van der Waals surface area contributed by atoms with Gasteiger partial charge in [0.1, 0.15) is 5.82 Å². The topological polar surface area (TPSA) is 75.3 Å². The lowest BCUT2D eigenvalue weighted by Gasteiger charge is -2.11. The van der Waals surface area contributed by atoms with Crippen molar-refractivity contribution in [1.29, 1.82) is 0 Å². The second kappa shape index (κ2) is 8.00. The molecule has 0 atom stereocenters. The van der Waals surface area contributed by atoms with Gasteiger partial charge >= 0.3 is 0 Å². The van der Waals surface area contributed by atoms with E-state index in [9.17, 15) is 17.6 Å². The lowest BCUT2D eigenvalue weighted by Crippen LogP contribution is -2.15. The standard InChI is InChI=1S/C20H16ClFN2O3S/c1-13-12-15(22)8-11-18(13)23-20(25)14-6-9-16(10-7-14)28(26,27)24-19-5-3-2-4-17(19)21/h2-12,24H,1H3,(H,23,25). The third-order valence-corrected chi connectivity index (χ3v) is 5.69. The van der Waals surface area contributed by atoms with Gasteiger partial charge in [0.25, 0.3) is 15.9 Å². The molecule has 0 unspecified atom stereocenters. The van der Waals surface area contributed by atoms with Gasteiger partial charge in [0.2, 0.25) is 0 Å². The van der Waals surface area contributed by atoms with E-state index < -0.39 is 21.7 Å². The van der Waals surface area contributed by atoms with Gasteiger partial charge in [-0.2, -0.15) is 0 Å². The molecular formula is C20H16ClFN2O3S. The third-order valence-electron chi connectivity index (χ3n) is 3.98. The highest BCUT2D eigenvalue weighted by molar-refractivity contribution is 7.92. The lowest BCUT2D eigenvalue weighted by molar-refractivity contribution is 0.102. The van der Waals surface area contributed by atoms with Crippen molar-refractivity contribution in [2.24, 2.45) is 0 Å². The minimum absolute atomic E-state index is 0.0121. The molecule has 3 rings (SSSR count). The first-order valence-corrected chi connectivity index (χ1v) is 10.1. The Balaban J connectivity index is 1.77. The number of anilines is 2. The number of hydrogen-bond donors (Lipinski definition) is 2. The van der Waals surface area contributed by atoms with E-state index >= 15 is 0 Å². The van der Waals surface area contributed by atoms with E-state index in [0.717, 1.165) is 0 Å². The molecule has 1 amide bonds. The number of carbonyl (C=O) groups is 1. The van der Waals surface area contributed by atoms with E-state index in [0.29, 0.717) is 11.3 Å². The van der Waals surface area contributed by atoms with Crippen LogP contribution in [-0.4, -0.2) is 14.3 Å². The fourth-order valence-corrected chi connectivity index (χ4v) is 3.81. The highest BCUT2D eigenvalue weighted by atomic mass is 35.5. The molecule has 0 heterocycles. The Morgan fingerprint density at radius 3 is 2.29 bits per heavy atom. The van der Waals surface area contributed by atoms with Crippen LogP contribution in [0.15, 0.2) is 71.6 Å². The van der Waals surface area contributed by atoms with Gasteiger partial charge in [0.05, 0.1) is 15.6 Å². The van der Waals surface area contributed by atoms with E-state index in [1.165, 1.54) is 42.5 Å². The Morgan fingerprint density at radius 2 is 1.64 bits per heavy atom. The molecule has 3 aromatic carbocycles. The second-order valence-electron chi connectivity index (χ2n) is 6.02. The summed E-state index contributed by atoms with van der Waals surface area (Å²) in [6, 6.07) is 15.9. The third kappa shape index (κ3) is 4.49. The summed E-state index contributed by atoms with van der Waals surface area (Å²) in [7, 11) is -3.86. The number of rotatable bonds is 5. The first kappa shape index (κ1) is 19.9. The maximum atomic E-state index is 13.2. The minimum atomic E-state index is -3.86. The number of aryl methyl sites for hydroxylation is 1. The summed E-state index contributed by atoms with van der Waals surface area (Å²) in [6.07, 6.45) is 0. The van der Waals surface area contributed by atoms with E-state index in [1.807, 2.05) is 0 Å². The Bertz CT molecular complexity index is 1130. The summed E-state index contributed by atoms with van der Waals surface area (Å²) in [5.74, 6) is -0.825. The lowest BCUT2D eigenvalue weighted by atomic mass is 10.1. The molecule has 0 bridgehead atoms. The number of para-hydroxylation sites is 1. The molecular weight excluding hydrogens is 403 g/mol. The maximum Gasteiger partial charge on any atom is 0.261 e. The van der Waals surface area contributed by atoms with Crippen LogP contribution in [0.2, 0.25) is 5.02 Å². The average molecular weight is 419 g/mol. The van der Waals surface area contributed by atoms with Crippen molar-refractivity contribution in [3.8, 4) is 0 Å². The van der Waals surface area contributed by atoms with Crippen LogP contribution < -0.4 is 10.0 Å². The Hall–Kier alpha value is -2.90. The predicted octanol–water partition coefficient (Wildman–Crippen LogP) is 4.84. The van der Waals surface area contributed by atoms with E-state index in [-0.39, 0.29) is 21.2 Å². The predicted molar refractivity (Wildman–Crippen MR) is 108 cm³/mol. The van der Waals surface area contributed by atoms with E-state index in [2.05, 4.69) is 10.0 Å². The zero-order valence-electron chi connectivity index (χ0n) is 14.7. The molecule has 3 aromatic rings. The number of hydrogen-bond acceptors (Lipinski definition) is 3. The van der Waals surface area contributed by atoms with Crippen molar-refractivity contribution in [1.82, 2.24) is 0 Å². The number of carbonyl (C=O) groups excluding carboxylic acids is 1. The van der Waals surface area contributed by atoms with Crippen molar-refractivity contribution in [3.05, 3.63) is 88.7 Å². The fraction of sp³-hybridized carbons (Fsp3) is 0.0500. The van der Waals surface area contributed by atoms with Gasteiger partial charge in [-0.3, -0.25) is 9.52 Å². The largest absolute Gasteiger partial charge is 0.322 e. The van der Waals surface area contributed by atoms with Gasteiger partial charge in [-0.15, -0.1) is 0 Å². The maximum absolute atomic E-state index is 13.2. The number of nitrogens with one attached hydrogen (secondary N) is 2. The monoisotopic (exact) mass is 418 g/mol. The minimum Gasteiger partial charge on any atom is -0.322 e. The summed E-state index contributed by atoms with van der Waals surface area (Å²) >= 11 is 5.98. The molecule has 0 radical (unpaired) electrons. The smallest absolute Gasteiger partial charge is 0.261 e. The van der Waals surface area contributed by atoms with Gasteiger partial charge in [-0.25, -0.2) is 12.8 Å². The van der Waals surface area contributed by atoms with Gasteiger partial charge in [0.15, 0.2) is 0 Å². The van der Waals surface area contributed by atoms with Crippen molar-refractivity contribution in [2.75, 3.05) is 10.0 Å². The average Bonchev–Trinajstić information content (AvgIpc) is 2.66. The molecule has 0 aliphatic carbocycles. The number of amides is 1. The van der Waals surface area contributed by atoms with Crippen molar-refractivity contribution in [3.63, 3.8) is 0 Å². The Morgan fingerprint density at radius 1 is 0.964 bits per heavy atom. The fourth-order valence-electron chi connectivity index (χ4n) is 2.49. The molecule has 8 heteroatoms. The highest BCUT2D eigenvalue weighted by Gasteiger charge is 2.17. The second-order valence-corrected chi connectivity index (χ2v) is 8.11. The van der Waals surface area contributed by atoms with Gasteiger partial charge in [-0.1, -0.05) is 23.7 Å². The SMILES string of the molecule is Cc1cc(F)ccc1NC(=O)c1ccc(S(=O)(=O)Nc2ccccc2Cl)cc1. The summed E-state index contributed by atoms with van der Waals surface area (Å²) in [6.45, 7) is 1.68. The van der Waals surface area contributed by atoms with Crippen molar-refractivity contribution < 1.29 is 17.6 Å². The summed E-state index contributed by atoms with van der Waals surface area (Å²) in [4.78, 5) is 12.3. The van der Waals surface area contributed by atoms with Crippen molar-refractivity contribution in [2.45, 2.75) is 11.8 Å². The van der Waals surface area contributed by atoms with Crippen LogP contribution >= 0.6 is 11.6 Å². The first-order chi connectivity index (χ1) is 13.3. The Labute approximate surface area is 167 Å². The van der Waals surface area contributed by atoms with Crippen LogP contribution in [-0.2, 0) is 10.0 Å². The zero-order chi connectivity index (χ0) is 20.3. The molecule has 0 fully saturated rings. The summed E-state index contributed by atoms with van der Waals surface area (Å²) in [5, 5.41) is 2.95. The van der Waals surface area contributed by atoms with Crippen molar-refractivity contribution >= 4 is 38.9 Å². The van der Waals surface area contributed by atoms with Gasteiger partial charge < -0.3 is 5.32 Å². The van der Waals surface area contributed by atoms with Crippen LogP contribution in [0.5, 0.6) is 0 Å². The molecule has 28 heavy (non-hydrogen) atoms. The quantitative estimate of drug-likeness (QED) is 0.622. The van der Waals surface area contributed by atoms with Crippen LogP contribution in [0, 0.1) is 12.7 Å². The molecule has 5 nitrogen and oxygen atoms in total. The molecule has 2 N–H and O–H groups in total. The van der Waals surface area contributed by atoms with E-state index in [1.54, 1.807) is 31.2 Å². The Kier molecular flexibility index (Phi) is 5.67. The van der Waals surface area contributed by atoms with E-state index in [4.69, 9.17) is 11.6 Å². The molecule has 0 spiro atoms. The molecule has 0 aliphatic heterocycles.